The van der Waals surface area contributed by atoms with Gasteiger partial charge >= 0.3 is 0 Å². The molecule has 10 nitrogen and oxygen atoms in total. The summed E-state index contributed by atoms with van der Waals surface area (Å²) in [6, 6.07) is 0.185. The minimum Gasteiger partial charge on any atom is -0.387 e. The Kier molecular flexibility index (Phi) is 4.52. The Balaban J connectivity index is 1.62. The van der Waals surface area contributed by atoms with Gasteiger partial charge < -0.3 is 29.7 Å². The second kappa shape index (κ2) is 6.81. The fourth-order valence-corrected chi connectivity index (χ4v) is 3.25. The van der Waals surface area contributed by atoms with Crippen molar-refractivity contribution in [2.45, 2.75) is 37.0 Å². The molecule has 2 aromatic heterocycles. The average molecular weight is 351 g/mol. The van der Waals surface area contributed by atoms with Crippen molar-refractivity contribution in [2.75, 3.05) is 32.2 Å². The van der Waals surface area contributed by atoms with Crippen molar-refractivity contribution in [3.63, 3.8) is 0 Å². The monoisotopic (exact) mass is 351 g/mol. The number of imidazole rings is 1. The Bertz CT molecular complexity index is 734. The molecule has 0 spiro atoms. The third kappa shape index (κ3) is 2.96. The minimum absolute atomic E-state index is 0.185. The van der Waals surface area contributed by atoms with Crippen LogP contribution in [0.5, 0.6) is 0 Å². The molecule has 2 aliphatic heterocycles. The fourth-order valence-electron chi connectivity index (χ4n) is 3.25. The van der Waals surface area contributed by atoms with Crippen molar-refractivity contribution in [3.8, 4) is 0 Å². The lowest BCUT2D eigenvalue weighted by atomic mass is 10.1. The number of rotatable bonds is 5. The van der Waals surface area contributed by atoms with Gasteiger partial charge in [-0.25, -0.2) is 15.0 Å². The van der Waals surface area contributed by atoms with E-state index in [4.69, 9.17) is 14.2 Å². The summed E-state index contributed by atoms with van der Waals surface area (Å²) in [7, 11) is 1.51. The highest BCUT2D eigenvalue weighted by atomic mass is 16.6. The zero-order valence-corrected chi connectivity index (χ0v) is 13.8. The van der Waals surface area contributed by atoms with Crippen molar-refractivity contribution in [2.24, 2.45) is 0 Å². The highest BCUT2D eigenvalue weighted by molar-refractivity contribution is 5.82. The largest absolute Gasteiger partial charge is 0.387 e. The fraction of sp³-hybridized carbons (Fsp3) is 0.667. The number of anilines is 1. The number of hydrogen-bond donors (Lipinski definition) is 3. The molecule has 0 saturated carbocycles. The summed E-state index contributed by atoms with van der Waals surface area (Å²) in [6.45, 7) is 1.54. The third-order valence-electron chi connectivity index (χ3n) is 4.57. The van der Waals surface area contributed by atoms with E-state index in [1.807, 2.05) is 0 Å². The second-order valence-electron chi connectivity index (χ2n) is 6.25. The van der Waals surface area contributed by atoms with E-state index in [0.29, 0.717) is 23.6 Å². The van der Waals surface area contributed by atoms with Gasteiger partial charge in [0.05, 0.1) is 25.6 Å². The smallest absolute Gasteiger partial charge is 0.167 e. The maximum absolute atomic E-state index is 10.3. The van der Waals surface area contributed by atoms with Gasteiger partial charge in [-0.1, -0.05) is 0 Å². The molecule has 25 heavy (non-hydrogen) atoms. The van der Waals surface area contributed by atoms with Gasteiger partial charge in [-0.15, -0.1) is 0 Å². The number of aliphatic hydroxyl groups excluding tert-OH is 2. The van der Waals surface area contributed by atoms with Crippen LogP contribution in [-0.4, -0.2) is 81.0 Å². The maximum Gasteiger partial charge on any atom is 0.167 e. The number of methoxy groups -OCH3 is 1. The number of nitrogens with one attached hydrogen (secondary N) is 1. The van der Waals surface area contributed by atoms with Gasteiger partial charge in [0.2, 0.25) is 0 Å². The zero-order chi connectivity index (χ0) is 17.4. The predicted octanol–water partition coefficient (Wildman–Crippen LogP) is -0.707. The molecular formula is C15H21N5O5. The van der Waals surface area contributed by atoms with Crippen LogP contribution in [0, 0.1) is 0 Å². The molecule has 3 N–H and O–H groups in total. The van der Waals surface area contributed by atoms with Crippen molar-refractivity contribution in [1.82, 2.24) is 19.5 Å². The molecule has 4 heterocycles. The van der Waals surface area contributed by atoms with Gasteiger partial charge in [0.1, 0.15) is 24.6 Å². The van der Waals surface area contributed by atoms with Crippen LogP contribution >= 0.6 is 0 Å². The Morgan fingerprint density at radius 1 is 1.32 bits per heavy atom. The number of aromatic nitrogens is 4. The molecule has 2 fully saturated rings. The van der Waals surface area contributed by atoms with Gasteiger partial charge in [-0.3, -0.25) is 4.57 Å². The molecule has 0 aromatic carbocycles. The van der Waals surface area contributed by atoms with Crippen LogP contribution in [0.15, 0.2) is 12.7 Å². The molecule has 0 unspecified atom stereocenters. The average Bonchev–Trinajstić information content (AvgIpc) is 3.32. The predicted molar refractivity (Wildman–Crippen MR) is 86.0 cm³/mol. The highest BCUT2D eigenvalue weighted by Crippen LogP contribution is 2.32. The summed E-state index contributed by atoms with van der Waals surface area (Å²) in [5.74, 6) is 0.612. The van der Waals surface area contributed by atoms with Gasteiger partial charge in [-0.2, -0.15) is 0 Å². The summed E-state index contributed by atoms with van der Waals surface area (Å²) in [4.78, 5) is 12.9. The van der Waals surface area contributed by atoms with Crippen LogP contribution < -0.4 is 5.32 Å². The number of aliphatic hydroxyl groups is 2. The summed E-state index contributed by atoms with van der Waals surface area (Å²) >= 11 is 0. The lowest BCUT2D eigenvalue weighted by Crippen LogP contribution is -2.33. The second-order valence-corrected chi connectivity index (χ2v) is 6.25. The Morgan fingerprint density at radius 3 is 2.96 bits per heavy atom. The number of hydrogen-bond acceptors (Lipinski definition) is 9. The summed E-state index contributed by atoms with van der Waals surface area (Å²) < 4.78 is 17.7. The van der Waals surface area contributed by atoms with Crippen LogP contribution in [0.25, 0.3) is 11.2 Å². The SMILES string of the molecule is COC[C@@H]1O[C@H](n2cnc3c(N[C@@H]4CCOC4)ncnc32)[C@@H](O)[C@H]1O. The Morgan fingerprint density at radius 2 is 2.20 bits per heavy atom. The molecule has 2 saturated heterocycles. The molecule has 5 atom stereocenters. The molecule has 0 amide bonds. The molecule has 0 aliphatic carbocycles. The van der Waals surface area contributed by atoms with Crippen molar-refractivity contribution in [3.05, 3.63) is 12.7 Å². The van der Waals surface area contributed by atoms with Crippen LogP contribution in [0.4, 0.5) is 5.82 Å². The van der Waals surface area contributed by atoms with E-state index in [-0.39, 0.29) is 12.6 Å². The molecule has 0 bridgehead atoms. The van der Waals surface area contributed by atoms with E-state index in [1.165, 1.54) is 19.8 Å². The van der Waals surface area contributed by atoms with E-state index in [2.05, 4.69) is 20.3 Å². The minimum atomic E-state index is -1.10. The van der Waals surface area contributed by atoms with Gasteiger partial charge in [0.25, 0.3) is 0 Å². The van der Waals surface area contributed by atoms with Crippen molar-refractivity contribution in [1.29, 1.82) is 0 Å². The lowest BCUT2D eigenvalue weighted by Gasteiger charge is -2.17. The molecule has 136 valence electrons. The molecule has 2 aliphatic rings. The van der Waals surface area contributed by atoms with Crippen LogP contribution in [-0.2, 0) is 14.2 Å². The van der Waals surface area contributed by atoms with E-state index in [0.717, 1.165) is 13.0 Å². The van der Waals surface area contributed by atoms with E-state index in [9.17, 15) is 10.2 Å². The van der Waals surface area contributed by atoms with Crippen LogP contribution in [0.2, 0.25) is 0 Å². The van der Waals surface area contributed by atoms with Crippen LogP contribution in [0.3, 0.4) is 0 Å². The lowest BCUT2D eigenvalue weighted by molar-refractivity contribution is -0.0580. The first kappa shape index (κ1) is 16.6. The zero-order valence-electron chi connectivity index (χ0n) is 13.8. The normalized spacial score (nSPS) is 32.5. The molecule has 10 heteroatoms. The highest BCUT2D eigenvalue weighted by Gasteiger charge is 2.44. The van der Waals surface area contributed by atoms with Gasteiger partial charge in [0.15, 0.2) is 23.2 Å². The number of nitrogens with zero attached hydrogens (tertiary/aromatic N) is 4. The van der Waals surface area contributed by atoms with Gasteiger partial charge in [0, 0.05) is 13.7 Å². The Hall–Kier alpha value is -1.85. The van der Waals surface area contributed by atoms with Crippen molar-refractivity contribution < 1.29 is 24.4 Å². The van der Waals surface area contributed by atoms with E-state index in [1.54, 1.807) is 4.57 Å². The molecule has 2 aromatic rings. The third-order valence-corrected chi connectivity index (χ3v) is 4.57. The van der Waals surface area contributed by atoms with E-state index < -0.39 is 24.5 Å². The van der Waals surface area contributed by atoms with Crippen molar-refractivity contribution >= 4 is 17.0 Å². The van der Waals surface area contributed by atoms with Gasteiger partial charge in [-0.05, 0) is 6.42 Å². The summed E-state index contributed by atoms with van der Waals surface area (Å²) in [5, 5.41) is 23.8. The summed E-state index contributed by atoms with van der Waals surface area (Å²) in [6.07, 6.45) is 0.315. The van der Waals surface area contributed by atoms with E-state index >= 15 is 0 Å². The first-order valence-electron chi connectivity index (χ1n) is 8.21. The maximum atomic E-state index is 10.3. The quantitative estimate of drug-likeness (QED) is 0.641. The standard InChI is InChI=1S/C15H21N5O5/c1-23-5-9-11(21)12(22)15(25-9)20-7-18-10-13(16-6-17-14(10)20)19-8-2-3-24-4-8/h6-9,11-12,15,21-22H,2-5H2,1H3,(H,16,17,19)/t8-,9+,11+,12+,15+/m1/s1. The number of fused-ring (bicyclic) bond motifs is 1. The molecule has 0 radical (unpaired) electrons. The first-order chi connectivity index (χ1) is 12.2. The molecule has 4 rings (SSSR count). The Labute approximate surface area is 143 Å². The number of ether oxygens (including phenoxy) is 3. The summed E-state index contributed by atoms with van der Waals surface area (Å²) in [5.41, 5.74) is 1.10. The van der Waals surface area contributed by atoms with Crippen LogP contribution in [0.1, 0.15) is 12.6 Å². The topological polar surface area (TPSA) is 124 Å². The molecular weight excluding hydrogens is 330 g/mol. The first-order valence-corrected chi connectivity index (χ1v) is 8.21.